The third-order valence-electron chi connectivity index (χ3n) is 3.48. The average Bonchev–Trinajstić information content (AvgIpc) is 2.93. The molecule has 23 heavy (non-hydrogen) atoms. The standard InChI is InChI=1S/C18H21NO4/c1-18(2,3)17(21)19-9-8-13-11-14(22-4)10-12(16(13)19)6-7-15(20)23-5/h6-11H,1-5H3/b7-6+. The molecule has 2 aromatic rings. The summed E-state index contributed by atoms with van der Waals surface area (Å²) in [4.78, 5) is 24.0. The fraction of sp³-hybridized carbons (Fsp3) is 0.333. The molecule has 0 amide bonds. The van der Waals surface area contributed by atoms with E-state index >= 15 is 0 Å². The molecule has 0 bridgehead atoms. The molecular weight excluding hydrogens is 294 g/mol. The van der Waals surface area contributed by atoms with E-state index in [1.54, 1.807) is 30.0 Å². The molecule has 122 valence electrons. The Morgan fingerprint density at radius 2 is 1.87 bits per heavy atom. The minimum Gasteiger partial charge on any atom is -0.497 e. The van der Waals surface area contributed by atoms with Crippen LogP contribution in [0.4, 0.5) is 0 Å². The zero-order valence-electron chi connectivity index (χ0n) is 14.0. The van der Waals surface area contributed by atoms with Crippen molar-refractivity contribution in [1.29, 1.82) is 0 Å². The summed E-state index contributed by atoms with van der Waals surface area (Å²) in [6.45, 7) is 5.61. The quantitative estimate of drug-likeness (QED) is 0.642. The van der Waals surface area contributed by atoms with Crippen molar-refractivity contribution in [2.45, 2.75) is 20.8 Å². The Morgan fingerprint density at radius 3 is 2.43 bits per heavy atom. The zero-order valence-corrected chi connectivity index (χ0v) is 14.0. The number of hydrogen-bond donors (Lipinski definition) is 0. The number of nitrogens with zero attached hydrogens (tertiary/aromatic N) is 1. The molecule has 0 N–H and O–H groups in total. The molecule has 0 unspecified atom stereocenters. The van der Waals surface area contributed by atoms with Gasteiger partial charge in [0.15, 0.2) is 0 Å². The van der Waals surface area contributed by atoms with Crippen LogP contribution in [-0.4, -0.2) is 30.7 Å². The van der Waals surface area contributed by atoms with Crippen LogP contribution in [0.15, 0.2) is 30.5 Å². The molecule has 0 atom stereocenters. The highest BCUT2D eigenvalue weighted by atomic mass is 16.5. The van der Waals surface area contributed by atoms with Gasteiger partial charge in [0.05, 0.1) is 19.7 Å². The number of carbonyl (C=O) groups is 2. The fourth-order valence-corrected chi connectivity index (χ4v) is 2.29. The lowest BCUT2D eigenvalue weighted by Gasteiger charge is -2.18. The van der Waals surface area contributed by atoms with E-state index in [9.17, 15) is 9.59 Å². The van der Waals surface area contributed by atoms with Crippen molar-refractivity contribution in [3.63, 3.8) is 0 Å². The molecular formula is C18H21NO4. The van der Waals surface area contributed by atoms with Gasteiger partial charge in [-0.1, -0.05) is 20.8 Å². The minimum absolute atomic E-state index is 0.0228. The Bertz CT molecular complexity index is 778. The van der Waals surface area contributed by atoms with Crippen LogP contribution in [0.5, 0.6) is 5.75 Å². The van der Waals surface area contributed by atoms with Gasteiger partial charge in [-0.25, -0.2) is 4.79 Å². The van der Waals surface area contributed by atoms with E-state index in [4.69, 9.17) is 4.74 Å². The summed E-state index contributed by atoms with van der Waals surface area (Å²) >= 11 is 0. The van der Waals surface area contributed by atoms with Gasteiger partial charge in [-0.15, -0.1) is 0 Å². The maximum atomic E-state index is 12.7. The monoisotopic (exact) mass is 315 g/mol. The number of carbonyl (C=O) groups excluding carboxylic acids is 2. The van der Waals surface area contributed by atoms with Crippen LogP contribution in [-0.2, 0) is 9.53 Å². The van der Waals surface area contributed by atoms with Gasteiger partial charge in [0.2, 0.25) is 5.91 Å². The van der Waals surface area contributed by atoms with Crippen LogP contribution in [0.2, 0.25) is 0 Å². The van der Waals surface area contributed by atoms with Crippen LogP contribution in [0, 0.1) is 5.41 Å². The van der Waals surface area contributed by atoms with E-state index in [1.807, 2.05) is 32.9 Å². The Morgan fingerprint density at radius 1 is 1.17 bits per heavy atom. The highest BCUT2D eigenvalue weighted by Gasteiger charge is 2.25. The van der Waals surface area contributed by atoms with E-state index in [-0.39, 0.29) is 5.91 Å². The maximum Gasteiger partial charge on any atom is 0.330 e. The van der Waals surface area contributed by atoms with Crippen molar-refractivity contribution < 1.29 is 19.1 Å². The number of ether oxygens (including phenoxy) is 2. The number of methoxy groups -OCH3 is 2. The van der Waals surface area contributed by atoms with Gasteiger partial charge in [-0.2, -0.15) is 0 Å². The number of fused-ring (bicyclic) bond motifs is 1. The Hall–Kier alpha value is -2.56. The van der Waals surface area contributed by atoms with E-state index in [0.717, 1.165) is 10.9 Å². The van der Waals surface area contributed by atoms with E-state index in [1.165, 1.54) is 13.2 Å². The summed E-state index contributed by atoms with van der Waals surface area (Å²) in [7, 11) is 2.89. The molecule has 1 heterocycles. The molecule has 0 aliphatic carbocycles. The number of aromatic nitrogens is 1. The first kappa shape index (κ1) is 16.8. The molecule has 2 rings (SSSR count). The third-order valence-corrected chi connectivity index (χ3v) is 3.48. The van der Waals surface area contributed by atoms with Gasteiger partial charge in [0, 0.05) is 28.6 Å². The van der Waals surface area contributed by atoms with E-state index < -0.39 is 11.4 Å². The number of benzene rings is 1. The third kappa shape index (κ3) is 3.44. The molecule has 1 aromatic heterocycles. The molecule has 0 fully saturated rings. The number of esters is 1. The van der Waals surface area contributed by atoms with Gasteiger partial charge in [-0.3, -0.25) is 9.36 Å². The highest BCUT2D eigenvalue weighted by molar-refractivity contribution is 6.00. The number of rotatable bonds is 3. The second-order valence-corrected chi connectivity index (χ2v) is 6.25. The van der Waals surface area contributed by atoms with E-state index in [0.29, 0.717) is 11.3 Å². The molecule has 5 heteroatoms. The predicted molar refractivity (Wildman–Crippen MR) is 89.6 cm³/mol. The first-order valence-corrected chi connectivity index (χ1v) is 7.28. The summed E-state index contributed by atoms with van der Waals surface area (Å²) in [5.74, 6) is 0.176. The van der Waals surface area contributed by atoms with Crippen LogP contribution < -0.4 is 4.74 Å². The van der Waals surface area contributed by atoms with Gasteiger partial charge in [0.1, 0.15) is 5.75 Å². The largest absolute Gasteiger partial charge is 0.497 e. The van der Waals surface area contributed by atoms with Crippen molar-refractivity contribution >= 4 is 28.9 Å². The summed E-state index contributed by atoms with van der Waals surface area (Å²) in [5, 5.41) is 0.867. The summed E-state index contributed by atoms with van der Waals surface area (Å²) < 4.78 is 11.5. The molecule has 5 nitrogen and oxygen atoms in total. The smallest absolute Gasteiger partial charge is 0.330 e. The lowest BCUT2D eigenvalue weighted by molar-refractivity contribution is -0.134. The Balaban J connectivity index is 2.67. The van der Waals surface area contributed by atoms with Crippen LogP contribution in [0.1, 0.15) is 31.1 Å². The van der Waals surface area contributed by atoms with Crippen molar-refractivity contribution in [3.05, 3.63) is 36.0 Å². The SMILES string of the molecule is COC(=O)/C=C/c1cc(OC)cc2ccn(C(=O)C(C)(C)C)c12. The first-order valence-electron chi connectivity index (χ1n) is 7.28. The highest BCUT2D eigenvalue weighted by Crippen LogP contribution is 2.29. The van der Waals surface area contributed by atoms with Crippen molar-refractivity contribution in [2.24, 2.45) is 5.41 Å². The van der Waals surface area contributed by atoms with Crippen LogP contribution in [0.25, 0.3) is 17.0 Å². The normalized spacial score (nSPS) is 11.9. The topological polar surface area (TPSA) is 57.5 Å². The molecule has 0 saturated carbocycles. The zero-order chi connectivity index (χ0) is 17.2. The molecule has 1 aromatic carbocycles. The lowest BCUT2D eigenvalue weighted by Crippen LogP contribution is -2.26. The summed E-state index contributed by atoms with van der Waals surface area (Å²) in [6, 6.07) is 5.50. The van der Waals surface area contributed by atoms with E-state index in [2.05, 4.69) is 4.74 Å². The van der Waals surface area contributed by atoms with Gasteiger partial charge in [-0.05, 0) is 24.3 Å². The molecule has 0 radical (unpaired) electrons. The Kier molecular flexibility index (Phi) is 4.59. The predicted octanol–water partition coefficient (Wildman–Crippen LogP) is 3.52. The van der Waals surface area contributed by atoms with Crippen molar-refractivity contribution in [2.75, 3.05) is 14.2 Å². The molecule has 0 spiro atoms. The van der Waals surface area contributed by atoms with Crippen molar-refractivity contribution in [3.8, 4) is 5.75 Å². The van der Waals surface area contributed by atoms with Crippen LogP contribution in [0.3, 0.4) is 0 Å². The first-order chi connectivity index (χ1) is 10.8. The van der Waals surface area contributed by atoms with Gasteiger partial charge >= 0.3 is 5.97 Å². The molecule has 0 aliphatic rings. The molecule has 0 saturated heterocycles. The fourth-order valence-electron chi connectivity index (χ4n) is 2.29. The van der Waals surface area contributed by atoms with Gasteiger partial charge in [0.25, 0.3) is 0 Å². The molecule has 0 aliphatic heterocycles. The summed E-state index contributed by atoms with van der Waals surface area (Å²) in [5.41, 5.74) is 0.938. The van der Waals surface area contributed by atoms with Crippen LogP contribution >= 0.6 is 0 Å². The average molecular weight is 315 g/mol. The minimum atomic E-state index is -0.519. The second kappa shape index (κ2) is 6.28. The number of hydrogen-bond acceptors (Lipinski definition) is 4. The van der Waals surface area contributed by atoms with Gasteiger partial charge < -0.3 is 9.47 Å². The second-order valence-electron chi connectivity index (χ2n) is 6.25. The Labute approximate surface area is 135 Å². The maximum absolute atomic E-state index is 12.7. The van der Waals surface area contributed by atoms with Crippen molar-refractivity contribution in [1.82, 2.24) is 4.57 Å². The lowest BCUT2D eigenvalue weighted by atomic mass is 9.95. The summed E-state index contributed by atoms with van der Waals surface area (Å²) in [6.07, 6.45) is 4.70.